The number of piperidine rings is 1. The summed E-state index contributed by atoms with van der Waals surface area (Å²) < 4.78 is 1.65. The summed E-state index contributed by atoms with van der Waals surface area (Å²) in [5.74, 6) is -0.244. The fourth-order valence-electron chi connectivity index (χ4n) is 5.07. The van der Waals surface area contributed by atoms with Crippen molar-refractivity contribution in [2.24, 2.45) is 5.92 Å². The quantitative estimate of drug-likeness (QED) is 0.688. The van der Waals surface area contributed by atoms with Crippen LogP contribution in [0.5, 0.6) is 0 Å². The molecule has 0 spiro atoms. The van der Waals surface area contributed by atoms with Gasteiger partial charge in [-0.15, -0.1) is 0 Å². The summed E-state index contributed by atoms with van der Waals surface area (Å²) in [4.78, 5) is 42.5. The number of aromatic nitrogens is 3. The molecule has 5 rings (SSSR count). The van der Waals surface area contributed by atoms with Crippen LogP contribution in [0.2, 0.25) is 0 Å². The summed E-state index contributed by atoms with van der Waals surface area (Å²) >= 11 is 0. The molecule has 3 aromatic rings. The van der Waals surface area contributed by atoms with Crippen LogP contribution in [0.4, 0.5) is 0 Å². The third-order valence-electron chi connectivity index (χ3n) is 6.57. The number of hydrogen-bond donors (Lipinski definition) is 1. The molecule has 0 unspecified atom stereocenters. The summed E-state index contributed by atoms with van der Waals surface area (Å²) in [5.41, 5.74) is 3.13. The Morgan fingerprint density at radius 1 is 1.06 bits per heavy atom. The molecule has 1 aromatic carbocycles. The van der Waals surface area contributed by atoms with Crippen LogP contribution in [0, 0.1) is 5.92 Å². The molecule has 1 saturated heterocycles. The molecule has 3 atom stereocenters. The molecule has 164 valence electrons. The highest BCUT2D eigenvalue weighted by molar-refractivity contribution is 5.95. The van der Waals surface area contributed by atoms with Gasteiger partial charge in [0.05, 0.1) is 5.69 Å². The maximum Gasteiger partial charge on any atom is 0.253 e. The summed E-state index contributed by atoms with van der Waals surface area (Å²) in [7, 11) is 3.41. The first-order chi connectivity index (χ1) is 15.4. The lowest BCUT2D eigenvalue weighted by Gasteiger charge is -2.46. The highest BCUT2D eigenvalue weighted by Crippen LogP contribution is 2.42. The third-order valence-corrected chi connectivity index (χ3v) is 6.57. The van der Waals surface area contributed by atoms with E-state index >= 15 is 0 Å². The highest BCUT2D eigenvalue weighted by atomic mass is 16.2. The van der Waals surface area contributed by atoms with Crippen LogP contribution in [0.1, 0.15) is 34.4 Å². The van der Waals surface area contributed by atoms with Crippen molar-refractivity contribution in [2.45, 2.75) is 18.4 Å². The van der Waals surface area contributed by atoms with E-state index in [2.05, 4.69) is 10.2 Å². The molecule has 1 fully saturated rings. The number of rotatable bonds is 3. The largest absolute Gasteiger partial charge is 0.347 e. The number of aromatic amines is 1. The van der Waals surface area contributed by atoms with E-state index in [0.29, 0.717) is 18.7 Å². The van der Waals surface area contributed by atoms with Gasteiger partial charge >= 0.3 is 0 Å². The van der Waals surface area contributed by atoms with Gasteiger partial charge in [-0.25, -0.2) is 0 Å². The first-order valence-electron chi connectivity index (χ1n) is 10.8. The number of H-pyrrole nitrogens is 1. The zero-order valence-corrected chi connectivity index (χ0v) is 18.1. The molecule has 0 radical (unpaired) electrons. The van der Waals surface area contributed by atoms with E-state index in [0.717, 1.165) is 23.4 Å². The molecule has 2 aliphatic rings. The second kappa shape index (κ2) is 7.78. The molecule has 1 N–H and O–H groups in total. The first kappa shape index (κ1) is 20.2. The fraction of sp³-hybridized carbons (Fsp3) is 0.333. The van der Waals surface area contributed by atoms with Gasteiger partial charge < -0.3 is 9.80 Å². The molecule has 2 bridgehead atoms. The van der Waals surface area contributed by atoms with E-state index in [1.54, 1.807) is 30.9 Å². The summed E-state index contributed by atoms with van der Waals surface area (Å²) in [6.07, 6.45) is 2.48. The number of fused-ring (bicyclic) bond motifs is 4. The van der Waals surface area contributed by atoms with Crippen LogP contribution >= 0.6 is 0 Å². The average molecular weight is 431 g/mol. The average Bonchev–Trinajstić information content (AvgIpc) is 3.34. The Kier molecular flexibility index (Phi) is 4.92. The minimum atomic E-state index is -0.594. The van der Waals surface area contributed by atoms with Crippen LogP contribution in [0.15, 0.2) is 59.5 Å². The van der Waals surface area contributed by atoms with Crippen molar-refractivity contribution in [3.8, 4) is 11.3 Å². The Hall–Kier alpha value is -3.68. The Balaban J connectivity index is 1.46. The van der Waals surface area contributed by atoms with Gasteiger partial charge in [0.1, 0.15) is 6.04 Å². The van der Waals surface area contributed by atoms with E-state index in [1.165, 1.54) is 11.0 Å². The van der Waals surface area contributed by atoms with E-state index in [4.69, 9.17) is 0 Å². The van der Waals surface area contributed by atoms with Gasteiger partial charge in [-0.3, -0.25) is 24.0 Å². The van der Waals surface area contributed by atoms with Crippen molar-refractivity contribution in [3.05, 3.63) is 76.3 Å². The minimum Gasteiger partial charge on any atom is -0.347 e. The summed E-state index contributed by atoms with van der Waals surface area (Å²) in [6, 6.07) is 13.9. The number of carbonyl (C=O) groups excluding carboxylic acids is 2. The maximum absolute atomic E-state index is 13.4. The van der Waals surface area contributed by atoms with E-state index in [1.807, 2.05) is 41.3 Å². The number of amides is 2. The summed E-state index contributed by atoms with van der Waals surface area (Å²) in [6.45, 7) is 0.979. The lowest BCUT2D eigenvalue weighted by Crippen LogP contribution is -2.54. The predicted octanol–water partition coefficient (Wildman–Crippen LogP) is 2.13. The molecule has 32 heavy (non-hydrogen) atoms. The standard InChI is InChI=1S/C24H25N5O3/c1-27(2)24(32)22-18-12-17(20-4-3-5-21(30)29(20)22)13-28(14-18)23(31)16-8-6-15(7-9-16)19-10-11-25-26-19/h3-11,17-18,22H,12-14H2,1-2H3,(H,25,26)/t17-,18+,22-/m1/s1. The molecule has 4 heterocycles. The van der Waals surface area contributed by atoms with Crippen molar-refractivity contribution in [2.75, 3.05) is 27.2 Å². The Bertz CT molecular complexity index is 1210. The number of likely N-dealkylation sites (N-methyl/N-ethyl adjacent to an activating group) is 1. The molecule has 8 heteroatoms. The monoisotopic (exact) mass is 431 g/mol. The van der Waals surface area contributed by atoms with Gasteiger partial charge in [0, 0.05) is 62.5 Å². The minimum absolute atomic E-state index is 0.0297. The van der Waals surface area contributed by atoms with Gasteiger partial charge in [0.2, 0.25) is 5.91 Å². The zero-order valence-electron chi connectivity index (χ0n) is 18.1. The number of likely N-dealkylation sites (tertiary alicyclic amines) is 1. The molecular weight excluding hydrogens is 406 g/mol. The molecule has 2 amide bonds. The van der Waals surface area contributed by atoms with Gasteiger partial charge in [0.15, 0.2) is 0 Å². The van der Waals surface area contributed by atoms with E-state index in [-0.39, 0.29) is 29.2 Å². The van der Waals surface area contributed by atoms with Crippen LogP contribution in [-0.2, 0) is 4.79 Å². The number of hydrogen-bond acceptors (Lipinski definition) is 4. The van der Waals surface area contributed by atoms with Crippen LogP contribution in [0.25, 0.3) is 11.3 Å². The molecule has 0 aliphatic carbocycles. The Morgan fingerprint density at radius 3 is 2.53 bits per heavy atom. The van der Waals surface area contributed by atoms with Gasteiger partial charge in [-0.1, -0.05) is 18.2 Å². The number of nitrogens with one attached hydrogen (secondary N) is 1. The molecule has 2 aromatic heterocycles. The maximum atomic E-state index is 13.4. The molecule has 8 nitrogen and oxygen atoms in total. The number of nitrogens with zero attached hydrogens (tertiary/aromatic N) is 4. The third kappa shape index (κ3) is 3.32. The first-order valence-corrected chi connectivity index (χ1v) is 10.8. The topological polar surface area (TPSA) is 91.3 Å². The van der Waals surface area contributed by atoms with Crippen molar-refractivity contribution >= 4 is 11.8 Å². The summed E-state index contributed by atoms with van der Waals surface area (Å²) in [5, 5.41) is 6.89. The number of benzene rings is 1. The van der Waals surface area contributed by atoms with Crippen molar-refractivity contribution < 1.29 is 9.59 Å². The van der Waals surface area contributed by atoms with Crippen LogP contribution in [-0.4, -0.2) is 63.6 Å². The van der Waals surface area contributed by atoms with E-state index < -0.39 is 6.04 Å². The second-order valence-corrected chi connectivity index (χ2v) is 8.79. The van der Waals surface area contributed by atoms with E-state index in [9.17, 15) is 14.4 Å². The molecule has 0 saturated carbocycles. The van der Waals surface area contributed by atoms with Gasteiger partial charge in [-0.2, -0.15) is 5.10 Å². The zero-order chi connectivity index (χ0) is 22.4. The fourth-order valence-corrected chi connectivity index (χ4v) is 5.07. The van der Waals surface area contributed by atoms with Crippen molar-refractivity contribution in [1.29, 1.82) is 0 Å². The van der Waals surface area contributed by atoms with Gasteiger partial charge in [0.25, 0.3) is 11.5 Å². The SMILES string of the molecule is CN(C)C(=O)[C@H]1[C@H]2C[C@H](CN(C(=O)c3ccc(-c4ccn[nH]4)cc3)C2)c2cccc(=O)n21. The van der Waals surface area contributed by atoms with Crippen molar-refractivity contribution in [3.63, 3.8) is 0 Å². The highest BCUT2D eigenvalue weighted by Gasteiger charge is 2.45. The number of carbonyl (C=O) groups is 2. The van der Waals surface area contributed by atoms with Gasteiger partial charge in [-0.05, 0) is 36.2 Å². The Morgan fingerprint density at radius 2 is 1.84 bits per heavy atom. The second-order valence-electron chi connectivity index (χ2n) is 8.79. The number of pyridine rings is 1. The smallest absolute Gasteiger partial charge is 0.253 e. The van der Waals surface area contributed by atoms with Crippen molar-refractivity contribution in [1.82, 2.24) is 24.6 Å². The lowest BCUT2D eigenvalue weighted by atomic mass is 9.77. The Labute approximate surface area is 185 Å². The molecular formula is C24H25N5O3. The normalized spacial score (nSPS) is 21.7. The predicted molar refractivity (Wildman–Crippen MR) is 119 cm³/mol. The lowest BCUT2D eigenvalue weighted by molar-refractivity contribution is -0.135. The van der Waals surface area contributed by atoms with Crippen LogP contribution < -0.4 is 5.56 Å². The molecule has 2 aliphatic heterocycles. The van der Waals surface area contributed by atoms with Crippen LogP contribution in [0.3, 0.4) is 0 Å².